The van der Waals surface area contributed by atoms with E-state index >= 15 is 0 Å². The van der Waals surface area contributed by atoms with Crippen molar-refractivity contribution in [2.75, 3.05) is 18.2 Å². The van der Waals surface area contributed by atoms with Gasteiger partial charge in [-0.2, -0.15) is 0 Å². The van der Waals surface area contributed by atoms with Crippen molar-refractivity contribution in [3.63, 3.8) is 0 Å². The predicted octanol–water partition coefficient (Wildman–Crippen LogP) is 9.99. The Bertz CT molecular complexity index is 2250. The molecule has 0 aliphatic rings. The molecule has 2 N–H and O–H groups in total. The molecule has 0 spiro atoms. The summed E-state index contributed by atoms with van der Waals surface area (Å²) in [4.78, 5) is 2.48. The molecule has 0 aromatic heterocycles. The van der Waals surface area contributed by atoms with E-state index < -0.39 is 0 Å². The van der Waals surface area contributed by atoms with E-state index in [9.17, 15) is 0 Å². The Morgan fingerprint density at radius 1 is 0.340 bits per heavy atom. The van der Waals surface area contributed by atoms with Gasteiger partial charge in [0.15, 0.2) is 0 Å². The number of nitrogen functional groups attached to an aromatic ring is 1. The smallest absolute Gasteiger partial charge is 0.0485 e. The van der Waals surface area contributed by atoms with Crippen LogP contribution in [-0.2, 0) is 89.5 Å². The molecule has 0 saturated heterocycles. The van der Waals surface area contributed by atoms with Gasteiger partial charge in [0.05, 0.1) is 0 Å². The fourth-order valence-corrected chi connectivity index (χ4v) is 5.17. The van der Waals surface area contributed by atoms with Crippen LogP contribution in [0.25, 0.3) is 0 Å². The quantitative estimate of drug-likeness (QED) is 0.0810. The first-order valence-corrected chi connectivity index (χ1v) is 18.0. The Labute approximate surface area is 385 Å². The van der Waals surface area contributed by atoms with Gasteiger partial charge in [-0.05, 0) is 128 Å². The van der Waals surface area contributed by atoms with Crippen molar-refractivity contribution in [2.24, 2.45) is 0 Å². The molecule has 6 aromatic rings. The van der Waals surface area contributed by atoms with E-state index in [1.807, 2.05) is 115 Å². The van der Waals surface area contributed by atoms with Gasteiger partial charge in [0.25, 0.3) is 0 Å². The summed E-state index contributed by atoms with van der Waals surface area (Å²) in [5.74, 6) is 25.3. The summed E-state index contributed by atoms with van der Waals surface area (Å²) in [6, 6.07) is 50.2. The van der Waals surface area contributed by atoms with E-state index in [2.05, 4.69) is 96.3 Å². The fourth-order valence-electron chi connectivity index (χ4n) is 4.36. The van der Waals surface area contributed by atoms with Crippen molar-refractivity contribution >= 4 is 29.2 Å². The summed E-state index contributed by atoms with van der Waals surface area (Å²) in [5.41, 5.74) is 14.5. The van der Waals surface area contributed by atoms with Gasteiger partial charge in [0, 0.05) is 150 Å². The van der Waals surface area contributed by atoms with E-state index in [1.165, 1.54) is 9.79 Å². The van der Waals surface area contributed by atoms with Crippen LogP contribution in [0.1, 0.15) is 44.5 Å². The first-order valence-electron chi connectivity index (χ1n) is 15.5. The van der Waals surface area contributed by atoms with Gasteiger partial charge in [0.2, 0.25) is 0 Å². The summed E-state index contributed by atoms with van der Waals surface area (Å²) in [7, 11) is 0. The standard InChI is InChI=1S/C23H17NS.C23H16S.4Au/c1-25-22-15-11-19(12-16-22)9-13-21-14-10-20(17-23(21)24)8-7-18-5-3-2-4-6-18;1-24-23-17-15-22(16-18-23)14-13-21-11-9-20(10-12-21)8-7-19-5-3-2-4-6-19;;;;/h2-6,10-12,14-17H,24H2,1H3;2-6,9-12,15-18H,1H3;;;;. The molecular formula is C46H33Au4NS2. The summed E-state index contributed by atoms with van der Waals surface area (Å²) >= 11 is 3.45. The van der Waals surface area contributed by atoms with Crippen LogP contribution in [0.2, 0.25) is 0 Å². The Morgan fingerprint density at radius 3 is 0.962 bits per heavy atom. The zero-order valence-electron chi connectivity index (χ0n) is 28.5. The van der Waals surface area contributed by atoms with E-state index in [0.717, 1.165) is 44.5 Å². The van der Waals surface area contributed by atoms with Crippen molar-refractivity contribution in [2.45, 2.75) is 9.79 Å². The molecular weight excluding hydrogens is 1420 g/mol. The third-order valence-electron chi connectivity index (χ3n) is 7.06. The molecule has 0 saturated carbocycles. The van der Waals surface area contributed by atoms with Gasteiger partial charge in [0.1, 0.15) is 0 Å². The van der Waals surface area contributed by atoms with E-state index in [4.69, 9.17) is 5.73 Å². The number of thioether (sulfide) groups is 2. The van der Waals surface area contributed by atoms with Crippen molar-refractivity contribution in [3.8, 4) is 47.4 Å². The van der Waals surface area contributed by atoms with E-state index in [0.29, 0.717) is 5.69 Å². The Morgan fingerprint density at radius 2 is 0.623 bits per heavy atom. The number of anilines is 1. The molecule has 0 fully saturated rings. The normalized spacial score (nSPS) is 8.72. The zero-order chi connectivity index (χ0) is 34.1. The average Bonchev–Trinajstić information content (AvgIpc) is 3.17. The number of nitrogens with two attached hydrogens (primary N) is 1. The van der Waals surface area contributed by atoms with Crippen molar-refractivity contribution in [1.82, 2.24) is 0 Å². The SMILES string of the molecule is CSc1ccc(C#Cc2ccc(C#Cc3ccccc3)cc2)cc1.CSc1ccc(C#Cc2ccc(C#Cc3ccccc3)cc2N)cc1.[Au].[Au].[Au].[Au]. The fraction of sp³-hybridized carbons (Fsp3) is 0.0435. The minimum absolute atomic E-state index is 0. The first kappa shape index (κ1) is 48.0. The van der Waals surface area contributed by atoms with Crippen LogP contribution in [0.5, 0.6) is 0 Å². The summed E-state index contributed by atoms with van der Waals surface area (Å²) in [5, 5.41) is 0. The molecule has 0 heterocycles. The first-order chi connectivity index (χ1) is 24.1. The molecule has 7 heteroatoms. The number of benzene rings is 6. The largest absolute Gasteiger partial charge is 0.398 e. The molecule has 0 aliphatic carbocycles. The Hall–Kier alpha value is -2.98. The molecule has 6 rings (SSSR count). The van der Waals surface area contributed by atoms with Gasteiger partial charge in [-0.15, -0.1) is 23.5 Å². The third kappa shape index (κ3) is 16.9. The van der Waals surface area contributed by atoms with Crippen LogP contribution in [0.15, 0.2) is 161 Å². The second-order valence-electron chi connectivity index (χ2n) is 10.6. The van der Waals surface area contributed by atoms with Gasteiger partial charge in [-0.3, -0.25) is 0 Å². The molecule has 0 unspecified atom stereocenters. The molecule has 0 amide bonds. The minimum Gasteiger partial charge on any atom is -0.398 e. The van der Waals surface area contributed by atoms with Gasteiger partial charge in [-0.1, -0.05) is 83.8 Å². The third-order valence-corrected chi connectivity index (χ3v) is 8.55. The van der Waals surface area contributed by atoms with Crippen LogP contribution in [0.4, 0.5) is 5.69 Å². The van der Waals surface area contributed by atoms with Gasteiger partial charge < -0.3 is 5.73 Å². The van der Waals surface area contributed by atoms with Crippen LogP contribution in [0.3, 0.4) is 0 Å². The van der Waals surface area contributed by atoms with Crippen molar-refractivity contribution in [1.29, 1.82) is 0 Å². The molecule has 6 aromatic carbocycles. The zero-order valence-corrected chi connectivity index (χ0v) is 38.8. The van der Waals surface area contributed by atoms with Gasteiger partial charge in [-0.25, -0.2) is 0 Å². The Balaban J connectivity index is 0.000000493. The van der Waals surface area contributed by atoms with E-state index in [1.54, 1.807) is 23.5 Å². The van der Waals surface area contributed by atoms with Crippen LogP contribution in [0, 0.1) is 47.4 Å². The molecule has 0 aliphatic heterocycles. The monoisotopic (exact) mass is 1450 g/mol. The maximum absolute atomic E-state index is 6.13. The van der Waals surface area contributed by atoms with E-state index in [-0.39, 0.29) is 89.5 Å². The maximum atomic E-state index is 6.13. The minimum atomic E-state index is 0. The average molecular weight is 1450 g/mol. The van der Waals surface area contributed by atoms with Crippen molar-refractivity contribution in [3.05, 3.63) is 196 Å². The number of rotatable bonds is 2. The number of hydrogen-bond acceptors (Lipinski definition) is 3. The maximum Gasteiger partial charge on any atom is 0.0485 e. The topological polar surface area (TPSA) is 26.0 Å². The second kappa shape index (κ2) is 26.7. The molecule has 53 heavy (non-hydrogen) atoms. The Kier molecular flexibility index (Phi) is 24.2. The summed E-state index contributed by atoms with van der Waals surface area (Å²) in [6.07, 6.45) is 4.13. The van der Waals surface area contributed by atoms with Gasteiger partial charge >= 0.3 is 0 Å². The van der Waals surface area contributed by atoms with Crippen LogP contribution in [-0.4, -0.2) is 12.5 Å². The van der Waals surface area contributed by atoms with Crippen LogP contribution >= 0.6 is 23.5 Å². The predicted molar refractivity (Wildman–Crippen MR) is 211 cm³/mol. The van der Waals surface area contributed by atoms with Crippen molar-refractivity contribution < 1.29 is 89.5 Å². The number of hydrogen-bond donors (Lipinski definition) is 1. The summed E-state index contributed by atoms with van der Waals surface area (Å²) in [6.45, 7) is 0. The molecule has 278 valence electrons. The second-order valence-corrected chi connectivity index (χ2v) is 12.3. The van der Waals surface area contributed by atoms with Crippen LogP contribution < -0.4 is 5.73 Å². The molecule has 0 atom stereocenters. The molecule has 4 radical (unpaired) electrons. The molecule has 1 nitrogen and oxygen atoms in total. The summed E-state index contributed by atoms with van der Waals surface area (Å²) < 4.78 is 0. The molecule has 0 bridgehead atoms.